The zero-order valence-corrected chi connectivity index (χ0v) is 14.9. The number of benzene rings is 2. The van der Waals surface area contributed by atoms with E-state index in [1.165, 1.54) is 7.05 Å². The number of anilines is 2. The highest BCUT2D eigenvalue weighted by atomic mass is 32.2. The van der Waals surface area contributed by atoms with Crippen LogP contribution in [0.25, 0.3) is 0 Å². The lowest BCUT2D eigenvalue weighted by atomic mass is 10.2. The third kappa shape index (κ3) is 5.09. The molecule has 0 spiro atoms. The molecule has 0 aromatic heterocycles. The van der Waals surface area contributed by atoms with Gasteiger partial charge in [0.25, 0.3) is 5.91 Å². The topological polar surface area (TPSA) is 75.7 Å². The highest BCUT2D eigenvalue weighted by Gasteiger charge is 2.13. The van der Waals surface area contributed by atoms with Crippen LogP contribution < -0.4 is 14.4 Å². The summed E-state index contributed by atoms with van der Waals surface area (Å²) in [6, 6.07) is 13.3. The molecule has 1 amide bonds. The molecule has 0 saturated carbocycles. The summed E-state index contributed by atoms with van der Waals surface area (Å²) in [5, 5.41) is 2.75. The van der Waals surface area contributed by atoms with Crippen LogP contribution in [0.5, 0.6) is 5.75 Å². The second-order valence-corrected chi connectivity index (χ2v) is 7.37. The van der Waals surface area contributed by atoms with Crippen LogP contribution in [0.2, 0.25) is 0 Å². The predicted molar refractivity (Wildman–Crippen MR) is 99.8 cm³/mol. The number of carbonyl (C=O) groups excluding carboxylic acids is 1. The highest BCUT2D eigenvalue weighted by Crippen LogP contribution is 2.21. The van der Waals surface area contributed by atoms with Gasteiger partial charge in [0.1, 0.15) is 12.4 Å². The summed E-state index contributed by atoms with van der Waals surface area (Å²) < 4.78 is 29.7. The zero-order chi connectivity index (χ0) is 18.4. The molecule has 7 heteroatoms. The van der Waals surface area contributed by atoms with Crippen molar-refractivity contribution in [2.75, 3.05) is 29.5 Å². The molecule has 0 unspecified atom stereocenters. The van der Waals surface area contributed by atoms with Gasteiger partial charge in [0.15, 0.2) is 0 Å². The second-order valence-electron chi connectivity index (χ2n) is 5.36. The quantitative estimate of drug-likeness (QED) is 0.771. The van der Waals surface area contributed by atoms with E-state index in [2.05, 4.69) is 11.9 Å². The van der Waals surface area contributed by atoms with Crippen LogP contribution in [0.4, 0.5) is 11.4 Å². The molecule has 2 aromatic rings. The number of rotatable bonds is 7. The van der Waals surface area contributed by atoms with E-state index in [4.69, 9.17) is 4.74 Å². The monoisotopic (exact) mass is 360 g/mol. The summed E-state index contributed by atoms with van der Waals surface area (Å²) >= 11 is 0. The fourth-order valence-electron chi connectivity index (χ4n) is 2.03. The molecule has 2 aromatic carbocycles. The summed E-state index contributed by atoms with van der Waals surface area (Å²) in [5.74, 6) is 0.350. The van der Waals surface area contributed by atoms with Crippen LogP contribution in [0, 0.1) is 0 Å². The van der Waals surface area contributed by atoms with Crippen molar-refractivity contribution in [3.8, 4) is 5.75 Å². The Hall–Kier alpha value is -2.80. The van der Waals surface area contributed by atoms with Crippen molar-refractivity contribution >= 4 is 27.3 Å². The van der Waals surface area contributed by atoms with Crippen molar-refractivity contribution in [3.63, 3.8) is 0 Å². The van der Waals surface area contributed by atoms with E-state index < -0.39 is 10.0 Å². The lowest BCUT2D eigenvalue weighted by Gasteiger charge is -2.17. The molecule has 6 nitrogen and oxygen atoms in total. The molecule has 0 aliphatic carbocycles. The Balaban J connectivity index is 2.11. The lowest BCUT2D eigenvalue weighted by Crippen LogP contribution is -2.24. The van der Waals surface area contributed by atoms with Crippen LogP contribution in [0.15, 0.2) is 61.2 Å². The number of nitrogens with one attached hydrogen (secondary N) is 1. The minimum atomic E-state index is -3.37. The number of sulfonamides is 1. The number of carbonyl (C=O) groups is 1. The van der Waals surface area contributed by atoms with Crippen LogP contribution in [0.3, 0.4) is 0 Å². The Labute approximate surface area is 147 Å². The Morgan fingerprint density at radius 3 is 2.52 bits per heavy atom. The largest absolute Gasteiger partial charge is 0.490 e. The Bertz CT molecular complexity index is 861. The number of ether oxygens (including phenoxy) is 1. The maximum atomic E-state index is 12.3. The van der Waals surface area contributed by atoms with E-state index in [1.807, 2.05) is 0 Å². The van der Waals surface area contributed by atoms with Crippen molar-refractivity contribution in [2.45, 2.75) is 0 Å². The molecule has 0 bridgehead atoms. The number of amides is 1. The van der Waals surface area contributed by atoms with Crippen molar-refractivity contribution in [3.05, 3.63) is 66.7 Å². The molecule has 0 saturated heterocycles. The molecule has 0 heterocycles. The summed E-state index contributed by atoms with van der Waals surface area (Å²) in [6.45, 7) is 3.97. The van der Waals surface area contributed by atoms with Gasteiger partial charge in [-0.05, 0) is 42.5 Å². The Kier molecular flexibility index (Phi) is 5.82. The van der Waals surface area contributed by atoms with Gasteiger partial charge in [-0.1, -0.05) is 18.7 Å². The molecule has 0 aliphatic heterocycles. The van der Waals surface area contributed by atoms with E-state index in [0.29, 0.717) is 29.3 Å². The molecule has 0 fully saturated rings. The van der Waals surface area contributed by atoms with E-state index in [1.54, 1.807) is 54.6 Å². The van der Waals surface area contributed by atoms with Gasteiger partial charge < -0.3 is 10.1 Å². The maximum absolute atomic E-state index is 12.3. The molecule has 132 valence electrons. The average molecular weight is 360 g/mol. The maximum Gasteiger partial charge on any atom is 0.255 e. The third-order valence-corrected chi connectivity index (χ3v) is 4.66. The Morgan fingerprint density at radius 2 is 1.92 bits per heavy atom. The third-order valence-electron chi connectivity index (χ3n) is 3.45. The first kappa shape index (κ1) is 18.5. The lowest BCUT2D eigenvalue weighted by molar-refractivity contribution is 0.102. The first-order chi connectivity index (χ1) is 11.8. The minimum Gasteiger partial charge on any atom is -0.490 e. The number of nitrogens with zero attached hydrogens (tertiary/aromatic N) is 1. The fraction of sp³-hybridized carbons (Fsp3) is 0.167. The molecule has 2 rings (SSSR count). The SMILES string of the molecule is C=CCOc1ccc(C(=O)Nc2cccc(N(C)S(C)(=O)=O)c2)cc1. The summed E-state index contributed by atoms with van der Waals surface area (Å²) in [7, 11) is -1.91. The summed E-state index contributed by atoms with van der Waals surface area (Å²) in [4.78, 5) is 12.3. The molecular formula is C18H20N2O4S. The number of hydrogen-bond donors (Lipinski definition) is 1. The van der Waals surface area contributed by atoms with Gasteiger partial charge in [0.2, 0.25) is 10.0 Å². The molecule has 1 N–H and O–H groups in total. The van der Waals surface area contributed by atoms with E-state index in [-0.39, 0.29) is 5.91 Å². The van der Waals surface area contributed by atoms with Crippen LogP contribution >= 0.6 is 0 Å². The van der Waals surface area contributed by atoms with Crippen molar-refractivity contribution in [2.24, 2.45) is 0 Å². The van der Waals surface area contributed by atoms with Gasteiger partial charge in [-0.3, -0.25) is 9.10 Å². The van der Waals surface area contributed by atoms with Crippen LogP contribution in [-0.4, -0.2) is 34.2 Å². The molecule has 0 aliphatic rings. The highest BCUT2D eigenvalue weighted by molar-refractivity contribution is 7.92. The molecule has 25 heavy (non-hydrogen) atoms. The van der Waals surface area contributed by atoms with Crippen molar-refractivity contribution in [1.29, 1.82) is 0 Å². The molecule has 0 radical (unpaired) electrons. The van der Waals surface area contributed by atoms with E-state index in [0.717, 1.165) is 10.6 Å². The standard InChI is InChI=1S/C18H20N2O4S/c1-4-12-24-17-10-8-14(9-11-17)18(21)19-15-6-5-7-16(13-15)20(2)25(3,22)23/h4-11,13H,1,12H2,2-3H3,(H,19,21). The minimum absolute atomic E-state index is 0.297. The predicted octanol–water partition coefficient (Wildman–Crippen LogP) is 2.90. The van der Waals surface area contributed by atoms with Gasteiger partial charge >= 0.3 is 0 Å². The van der Waals surface area contributed by atoms with E-state index >= 15 is 0 Å². The van der Waals surface area contributed by atoms with Crippen LogP contribution in [-0.2, 0) is 10.0 Å². The van der Waals surface area contributed by atoms with Crippen LogP contribution in [0.1, 0.15) is 10.4 Å². The van der Waals surface area contributed by atoms with E-state index in [9.17, 15) is 13.2 Å². The normalized spacial score (nSPS) is 10.8. The smallest absolute Gasteiger partial charge is 0.255 e. The van der Waals surface area contributed by atoms with Crippen molar-refractivity contribution < 1.29 is 17.9 Å². The van der Waals surface area contributed by atoms with Gasteiger partial charge in [-0.15, -0.1) is 0 Å². The first-order valence-corrected chi connectivity index (χ1v) is 9.35. The Morgan fingerprint density at radius 1 is 1.24 bits per heavy atom. The summed E-state index contributed by atoms with van der Waals surface area (Å²) in [6.07, 6.45) is 2.76. The fourth-order valence-corrected chi connectivity index (χ4v) is 2.53. The summed E-state index contributed by atoms with van der Waals surface area (Å²) in [5.41, 5.74) is 1.44. The van der Waals surface area contributed by atoms with Gasteiger partial charge in [-0.25, -0.2) is 8.42 Å². The van der Waals surface area contributed by atoms with Gasteiger partial charge in [0.05, 0.1) is 11.9 Å². The van der Waals surface area contributed by atoms with Gasteiger partial charge in [0, 0.05) is 18.3 Å². The van der Waals surface area contributed by atoms with Crippen molar-refractivity contribution in [1.82, 2.24) is 0 Å². The first-order valence-electron chi connectivity index (χ1n) is 7.50. The van der Waals surface area contributed by atoms with Gasteiger partial charge in [-0.2, -0.15) is 0 Å². The number of hydrogen-bond acceptors (Lipinski definition) is 4. The zero-order valence-electron chi connectivity index (χ0n) is 14.1. The average Bonchev–Trinajstić information content (AvgIpc) is 2.59. The molecule has 0 atom stereocenters. The molecular weight excluding hydrogens is 340 g/mol. The second kappa shape index (κ2) is 7.85.